The van der Waals surface area contributed by atoms with E-state index in [1.165, 1.54) is 0 Å². The van der Waals surface area contributed by atoms with Crippen molar-refractivity contribution in [1.82, 2.24) is 0 Å². The van der Waals surface area contributed by atoms with Crippen LogP contribution in [0.1, 0.15) is 22.3 Å². The van der Waals surface area contributed by atoms with Gasteiger partial charge in [0.1, 0.15) is 28.7 Å². The smallest absolute Gasteiger partial charge is 0.136 e. The van der Waals surface area contributed by atoms with Crippen molar-refractivity contribution >= 4 is 17.1 Å². The molecule has 0 bridgehead atoms. The van der Waals surface area contributed by atoms with Crippen molar-refractivity contribution in [2.24, 2.45) is 0 Å². The quantitative estimate of drug-likeness (QED) is 0.303. The number of hydrogen-bond donors (Lipinski definition) is 3. The van der Waals surface area contributed by atoms with Crippen LogP contribution in [0.3, 0.4) is 0 Å². The summed E-state index contributed by atoms with van der Waals surface area (Å²) in [6.07, 6.45) is 0. The van der Waals surface area contributed by atoms with Crippen molar-refractivity contribution in [3.63, 3.8) is 0 Å². The van der Waals surface area contributed by atoms with E-state index in [0.29, 0.717) is 17.1 Å². The third-order valence-corrected chi connectivity index (χ3v) is 5.73. The molecular weight excluding hydrogens is 414 g/mol. The van der Waals surface area contributed by atoms with Gasteiger partial charge in [-0.05, 0) is 111 Å². The highest BCUT2D eigenvalue weighted by Gasteiger charge is 2.18. The Morgan fingerprint density at radius 2 is 1.15 bits per heavy atom. The largest absolute Gasteiger partial charge is 0.508 e. The lowest BCUT2D eigenvalue weighted by Crippen LogP contribution is -2.12. The third-order valence-electron chi connectivity index (χ3n) is 5.73. The Hall–Kier alpha value is -4.12. The summed E-state index contributed by atoms with van der Waals surface area (Å²) in [5.74, 6) is 1.91. The summed E-state index contributed by atoms with van der Waals surface area (Å²) in [4.78, 5) is 2.08. The van der Waals surface area contributed by atoms with Gasteiger partial charge >= 0.3 is 0 Å². The van der Waals surface area contributed by atoms with Gasteiger partial charge in [0.2, 0.25) is 0 Å². The molecule has 5 nitrogen and oxygen atoms in total. The molecule has 0 amide bonds. The molecule has 0 unspecified atom stereocenters. The molecular formula is C28H27NO4. The molecule has 4 rings (SSSR count). The molecule has 0 heterocycles. The number of phenolic OH excluding ortho intramolecular Hbond substituents is 3. The fourth-order valence-electron chi connectivity index (χ4n) is 3.94. The van der Waals surface area contributed by atoms with Crippen molar-refractivity contribution in [2.75, 3.05) is 4.90 Å². The molecule has 4 aromatic carbocycles. The minimum Gasteiger partial charge on any atom is -0.508 e. The zero-order valence-corrected chi connectivity index (χ0v) is 19.1. The SMILES string of the molecule is Cc1cc(O)ccc1N(c1ccc(Oc2c(C)ccc(O)c2C)cc1)c1ccc(O)cc1C. The van der Waals surface area contributed by atoms with E-state index < -0.39 is 0 Å². The second kappa shape index (κ2) is 8.79. The maximum Gasteiger partial charge on any atom is 0.136 e. The van der Waals surface area contributed by atoms with Gasteiger partial charge in [-0.15, -0.1) is 0 Å². The van der Waals surface area contributed by atoms with E-state index in [9.17, 15) is 15.3 Å². The van der Waals surface area contributed by atoms with Crippen LogP contribution in [0.15, 0.2) is 72.8 Å². The van der Waals surface area contributed by atoms with E-state index in [4.69, 9.17) is 4.74 Å². The Morgan fingerprint density at radius 3 is 1.67 bits per heavy atom. The molecule has 33 heavy (non-hydrogen) atoms. The fourth-order valence-corrected chi connectivity index (χ4v) is 3.94. The summed E-state index contributed by atoms with van der Waals surface area (Å²) < 4.78 is 6.10. The van der Waals surface area contributed by atoms with Crippen molar-refractivity contribution < 1.29 is 20.1 Å². The van der Waals surface area contributed by atoms with Crippen LogP contribution >= 0.6 is 0 Å². The fraction of sp³-hybridized carbons (Fsp3) is 0.143. The van der Waals surface area contributed by atoms with E-state index in [1.54, 1.807) is 30.3 Å². The Bertz CT molecular complexity index is 1260. The maximum absolute atomic E-state index is 10.0. The number of aromatic hydroxyl groups is 3. The summed E-state index contributed by atoms with van der Waals surface area (Å²) in [7, 11) is 0. The first-order valence-electron chi connectivity index (χ1n) is 10.7. The number of benzene rings is 4. The van der Waals surface area contributed by atoms with Gasteiger partial charge in [-0.25, -0.2) is 0 Å². The van der Waals surface area contributed by atoms with E-state index in [0.717, 1.165) is 33.8 Å². The van der Waals surface area contributed by atoms with Gasteiger partial charge < -0.3 is 25.0 Å². The van der Waals surface area contributed by atoms with E-state index in [1.807, 2.05) is 70.2 Å². The first kappa shape index (κ1) is 22.1. The number of ether oxygens (including phenoxy) is 1. The van der Waals surface area contributed by atoms with Crippen LogP contribution < -0.4 is 9.64 Å². The molecule has 0 aromatic heterocycles. The molecule has 0 aliphatic rings. The molecule has 4 aromatic rings. The van der Waals surface area contributed by atoms with Crippen LogP contribution in [0.5, 0.6) is 28.7 Å². The molecule has 3 N–H and O–H groups in total. The Balaban J connectivity index is 1.76. The van der Waals surface area contributed by atoms with Crippen molar-refractivity contribution in [3.05, 3.63) is 95.1 Å². The highest BCUT2D eigenvalue weighted by atomic mass is 16.5. The van der Waals surface area contributed by atoms with Crippen LogP contribution in [0, 0.1) is 27.7 Å². The molecule has 0 saturated heterocycles. The summed E-state index contributed by atoms with van der Waals surface area (Å²) >= 11 is 0. The average Bonchev–Trinajstić information content (AvgIpc) is 2.78. The summed E-state index contributed by atoms with van der Waals surface area (Å²) in [6.45, 7) is 7.67. The highest BCUT2D eigenvalue weighted by Crippen LogP contribution is 2.41. The van der Waals surface area contributed by atoms with Gasteiger partial charge in [-0.1, -0.05) is 6.07 Å². The van der Waals surface area contributed by atoms with Gasteiger partial charge in [-0.3, -0.25) is 0 Å². The van der Waals surface area contributed by atoms with Crippen LogP contribution in [0.2, 0.25) is 0 Å². The van der Waals surface area contributed by atoms with Gasteiger partial charge in [0.25, 0.3) is 0 Å². The minimum atomic E-state index is 0.198. The van der Waals surface area contributed by atoms with Crippen LogP contribution in [-0.2, 0) is 0 Å². The zero-order chi connectivity index (χ0) is 23.7. The number of aryl methyl sites for hydroxylation is 3. The lowest BCUT2D eigenvalue weighted by atomic mass is 10.1. The van der Waals surface area contributed by atoms with E-state index in [2.05, 4.69) is 4.90 Å². The van der Waals surface area contributed by atoms with Gasteiger partial charge in [0, 0.05) is 22.6 Å². The predicted molar refractivity (Wildman–Crippen MR) is 132 cm³/mol. The first-order valence-corrected chi connectivity index (χ1v) is 10.7. The monoisotopic (exact) mass is 441 g/mol. The van der Waals surface area contributed by atoms with Gasteiger partial charge in [-0.2, -0.15) is 0 Å². The minimum absolute atomic E-state index is 0.198. The number of nitrogens with zero attached hydrogens (tertiary/aromatic N) is 1. The molecule has 5 heteroatoms. The van der Waals surface area contributed by atoms with Crippen molar-refractivity contribution in [2.45, 2.75) is 27.7 Å². The Kier molecular flexibility index (Phi) is 5.88. The molecule has 0 radical (unpaired) electrons. The number of rotatable bonds is 5. The van der Waals surface area contributed by atoms with Crippen molar-refractivity contribution in [3.8, 4) is 28.7 Å². The highest BCUT2D eigenvalue weighted by molar-refractivity contribution is 5.80. The van der Waals surface area contributed by atoms with Crippen LogP contribution in [-0.4, -0.2) is 15.3 Å². The zero-order valence-electron chi connectivity index (χ0n) is 19.1. The van der Waals surface area contributed by atoms with E-state index in [-0.39, 0.29) is 17.2 Å². The van der Waals surface area contributed by atoms with Gasteiger partial charge in [0.15, 0.2) is 0 Å². The second-order valence-corrected chi connectivity index (χ2v) is 8.23. The molecule has 0 fully saturated rings. The lowest BCUT2D eigenvalue weighted by molar-refractivity contribution is 0.446. The Morgan fingerprint density at radius 1 is 0.606 bits per heavy atom. The third kappa shape index (κ3) is 4.44. The summed E-state index contributed by atoms with van der Waals surface area (Å²) in [5.41, 5.74) is 6.18. The topological polar surface area (TPSA) is 73.2 Å². The summed E-state index contributed by atoms with van der Waals surface area (Å²) in [6, 6.07) is 21.7. The second-order valence-electron chi connectivity index (χ2n) is 8.23. The maximum atomic E-state index is 10.0. The lowest BCUT2D eigenvalue weighted by Gasteiger charge is -2.28. The molecule has 168 valence electrons. The number of phenols is 3. The molecule has 0 aliphatic carbocycles. The molecule has 0 aliphatic heterocycles. The average molecular weight is 442 g/mol. The normalized spacial score (nSPS) is 10.8. The molecule has 0 spiro atoms. The Labute approximate surface area is 193 Å². The van der Waals surface area contributed by atoms with Crippen LogP contribution in [0.4, 0.5) is 17.1 Å². The summed E-state index contributed by atoms with van der Waals surface area (Å²) in [5, 5.41) is 29.9. The standard InChI is InChI=1S/C28H27NO4/c1-17-5-14-27(32)20(4)28(17)33-24-10-6-21(7-11-24)29(25-12-8-22(30)15-18(25)2)26-13-9-23(31)16-19(26)3/h5-16,30-32H,1-4H3. The van der Waals surface area contributed by atoms with Crippen molar-refractivity contribution in [1.29, 1.82) is 0 Å². The van der Waals surface area contributed by atoms with Crippen LogP contribution in [0.25, 0.3) is 0 Å². The first-order chi connectivity index (χ1) is 15.7. The predicted octanol–water partition coefficient (Wildman–Crippen LogP) is 7.30. The molecule has 0 atom stereocenters. The van der Waals surface area contributed by atoms with E-state index >= 15 is 0 Å². The van der Waals surface area contributed by atoms with Gasteiger partial charge in [0.05, 0.1) is 0 Å². The number of anilines is 3. The number of hydrogen-bond acceptors (Lipinski definition) is 5. The molecule has 0 saturated carbocycles.